The molecule has 3 unspecified atom stereocenters. The molecule has 0 amide bonds. The van der Waals surface area contributed by atoms with Gasteiger partial charge in [-0.1, -0.05) is 49.6 Å². The smallest absolute Gasteiger partial charge is 0.343 e. The summed E-state index contributed by atoms with van der Waals surface area (Å²) in [7, 11) is 1.93. The zero-order chi connectivity index (χ0) is 19.5. The van der Waals surface area contributed by atoms with Gasteiger partial charge in [0.05, 0.1) is 13.6 Å². The van der Waals surface area contributed by atoms with E-state index in [9.17, 15) is 20.1 Å². The van der Waals surface area contributed by atoms with Crippen LogP contribution in [0, 0.1) is 5.92 Å². The lowest BCUT2D eigenvalue weighted by Crippen LogP contribution is -2.49. The van der Waals surface area contributed by atoms with Crippen molar-refractivity contribution in [2.75, 3.05) is 26.7 Å². The summed E-state index contributed by atoms with van der Waals surface area (Å²) in [5.41, 5.74) is -1.02. The van der Waals surface area contributed by atoms with E-state index in [1.54, 1.807) is 12.1 Å². The van der Waals surface area contributed by atoms with Crippen LogP contribution in [0.5, 0.6) is 0 Å². The molecule has 1 heterocycles. The lowest BCUT2D eigenvalue weighted by atomic mass is 9.73. The number of likely N-dealkylation sites (N-methyl/N-ethyl adjacent to an activating group) is 1. The molecule has 0 spiro atoms. The normalized spacial score (nSPS) is 28.9. The molecule has 2 fully saturated rings. The predicted octanol–water partition coefficient (Wildman–Crippen LogP) is 1.53. The number of ether oxygens (including phenoxy) is 1. The molecule has 0 bridgehead atoms. The van der Waals surface area contributed by atoms with Crippen molar-refractivity contribution in [2.45, 2.75) is 56.5 Å². The number of carbonyl (C=O) groups excluding carboxylic acids is 1. The highest BCUT2D eigenvalue weighted by atomic mass is 16.6. The van der Waals surface area contributed by atoms with Crippen LogP contribution in [-0.2, 0) is 15.1 Å². The van der Waals surface area contributed by atoms with Crippen LogP contribution in [0.25, 0.3) is 0 Å². The Bertz CT molecular complexity index is 631. The minimum atomic E-state index is -1.62. The fourth-order valence-electron chi connectivity index (χ4n) is 4.76. The van der Waals surface area contributed by atoms with E-state index in [1.165, 1.54) is 0 Å². The van der Waals surface area contributed by atoms with E-state index in [0.717, 1.165) is 32.1 Å². The molecule has 0 aromatic heterocycles. The van der Waals surface area contributed by atoms with Crippen molar-refractivity contribution < 1.29 is 29.3 Å². The Labute approximate surface area is 161 Å². The van der Waals surface area contributed by atoms with E-state index in [1.807, 2.05) is 25.2 Å². The van der Waals surface area contributed by atoms with Gasteiger partial charge in [-0.05, 0) is 18.4 Å². The lowest BCUT2D eigenvalue weighted by molar-refractivity contribution is -0.904. The van der Waals surface area contributed by atoms with E-state index in [4.69, 9.17) is 4.74 Å². The first-order valence-electron chi connectivity index (χ1n) is 10.0. The molecule has 1 saturated carbocycles. The van der Waals surface area contributed by atoms with Crippen LogP contribution in [0.3, 0.4) is 0 Å². The van der Waals surface area contributed by atoms with Crippen molar-refractivity contribution in [3.8, 4) is 0 Å². The Balaban J connectivity index is 1.76. The van der Waals surface area contributed by atoms with Crippen molar-refractivity contribution in [1.29, 1.82) is 0 Å². The quantitative estimate of drug-likeness (QED) is 0.397. The first kappa shape index (κ1) is 20.3. The zero-order valence-corrected chi connectivity index (χ0v) is 16.1. The van der Waals surface area contributed by atoms with Gasteiger partial charge in [0.15, 0.2) is 11.7 Å². The summed E-state index contributed by atoms with van der Waals surface area (Å²) in [5, 5.41) is 30.1. The van der Waals surface area contributed by atoms with E-state index >= 15 is 0 Å². The fraction of sp³-hybridized carbons (Fsp3) is 0.667. The molecule has 1 saturated heterocycles. The third-order valence-corrected chi connectivity index (χ3v) is 6.23. The number of quaternary nitrogens is 1. The van der Waals surface area contributed by atoms with Gasteiger partial charge in [-0.2, -0.15) is 0 Å². The summed E-state index contributed by atoms with van der Waals surface area (Å²) < 4.78 is 6.24. The summed E-state index contributed by atoms with van der Waals surface area (Å²) >= 11 is 0. The molecule has 6 nitrogen and oxygen atoms in total. The molecule has 3 rings (SSSR count). The van der Waals surface area contributed by atoms with Gasteiger partial charge < -0.3 is 24.5 Å². The molecular formula is C21H32NO5+. The van der Waals surface area contributed by atoms with Crippen molar-refractivity contribution >= 4 is 5.97 Å². The number of likely N-dealkylation sites (tertiary alicyclic amines) is 1. The second-order valence-electron chi connectivity index (χ2n) is 8.47. The number of hydrogen-bond acceptors (Lipinski definition) is 5. The summed E-state index contributed by atoms with van der Waals surface area (Å²) in [6.07, 6.45) is 3.75. The minimum absolute atomic E-state index is 0.136. The van der Waals surface area contributed by atoms with Crippen LogP contribution in [0.2, 0.25) is 0 Å². The number of esters is 1. The first-order valence-corrected chi connectivity index (χ1v) is 10.0. The molecular weight excluding hydrogens is 346 g/mol. The van der Waals surface area contributed by atoms with Gasteiger partial charge in [0.1, 0.15) is 13.1 Å². The summed E-state index contributed by atoms with van der Waals surface area (Å²) in [4.78, 5) is 13.2. The lowest BCUT2D eigenvalue weighted by Gasteiger charge is -2.37. The van der Waals surface area contributed by atoms with E-state index in [2.05, 4.69) is 0 Å². The molecule has 3 atom stereocenters. The number of aliphatic hydroxyl groups excluding tert-OH is 1. The Morgan fingerprint density at radius 3 is 2.48 bits per heavy atom. The predicted molar refractivity (Wildman–Crippen MR) is 100 cm³/mol. The molecule has 150 valence electrons. The summed E-state index contributed by atoms with van der Waals surface area (Å²) in [6, 6.07) is 9.14. The molecule has 6 heteroatoms. The molecule has 1 aromatic carbocycles. The van der Waals surface area contributed by atoms with Gasteiger partial charge in [-0.15, -0.1) is 0 Å². The Hall–Kier alpha value is -1.47. The minimum Gasteiger partial charge on any atom is -0.454 e. The van der Waals surface area contributed by atoms with Crippen LogP contribution in [0.1, 0.15) is 44.1 Å². The topological polar surface area (TPSA) is 87.0 Å². The molecule has 1 aliphatic carbocycles. The van der Waals surface area contributed by atoms with Gasteiger partial charge in [0, 0.05) is 12.3 Å². The molecule has 3 N–H and O–H groups in total. The number of hydrogen-bond donors (Lipinski definition) is 3. The number of benzene rings is 1. The maximum Gasteiger partial charge on any atom is 0.343 e. The molecule has 27 heavy (non-hydrogen) atoms. The van der Waals surface area contributed by atoms with Gasteiger partial charge in [0.2, 0.25) is 6.29 Å². The Kier molecular flexibility index (Phi) is 6.21. The molecule has 0 radical (unpaired) electrons. The summed E-state index contributed by atoms with van der Waals surface area (Å²) in [6.45, 7) is 1.45. The Morgan fingerprint density at radius 1 is 1.19 bits per heavy atom. The van der Waals surface area contributed by atoms with Crippen molar-refractivity contribution in [3.63, 3.8) is 0 Å². The average Bonchev–Trinajstić information content (AvgIpc) is 3.01. The van der Waals surface area contributed by atoms with Gasteiger partial charge in [-0.25, -0.2) is 4.79 Å². The monoisotopic (exact) mass is 378 g/mol. The maximum absolute atomic E-state index is 13.2. The van der Waals surface area contributed by atoms with Gasteiger partial charge >= 0.3 is 5.97 Å². The van der Waals surface area contributed by atoms with Crippen LogP contribution in [0.4, 0.5) is 0 Å². The van der Waals surface area contributed by atoms with E-state index < -0.39 is 17.9 Å². The highest BCUT2D eigenvalue weighted by Crippen LogP contribution is 2.41. The Morgan fingerprint density at radius 2 is 1.85 bits per heavy atom. The van der Waals surface area contributed by atoms with Gasteiger partial charge in [-0.3, -0.25) is 0 Å². The molecule has 1 aromatic rings. The molecule has 2 aliphatic rings. The summed E-state index contributed by atoms with van der Waals surface area (Å²) in [5.74, 6) is -0.703. The average molecular weight is 378 g/mol. The van der Waals surface area contributed by atoms with Crippen molar-refractivity contribution in [3.05, 3.63) is 35.9 Å². The van der Waals surface area contributed by atoms with Crippen LogP contribution in [-0.4, -0.2) is 64.8 Å². The van der Waals surface area contributed by atoms with Crippen molar-refractivity contribution in [2.24, 2.45) is 5.92 Å². The highest BCUT2D eigenvalue weighted by molar-refractivity contribution is 5.81. The zero-order valence-electron chi connectivity index (χ0n) is 16.1. The standard InChI is InChI=1S/C21H32NO5/c1-22(15-19(23)24)13-12-18(14-22)27-20(25)21(26,16-8-4-2-5-9-16)17-10-6-3-7-11-17/h2,4-5,8-9,17-19,23-24,26H,3,6-7,10-15H2,1H3/q+1. The van der Waals surface area contributed by atoms with Crippen molar-refractivity contribution in [1.82, 2.24) is 0 Å². The fourth-order valence-corrected chi connectivity index (χ4v) is 4.76. The maximum atomic E-state index is 13.2. The highest BCUT2D eigenvalue weighted by Gasteiger charge is 2.49. The molecule has 1 aliphatic heterocycles. The number of aliphatic hydroxyl groups is 3. The number of nitrogens with zero attached hydrogens (tertiary/aromatic N) is 1. The van der Waals surface area contributed by atoms with Gasteiger partial charge in [0.25, 0.3) is 0 Å². The van der Waals surface area contributed by atoms with Crippen LogP contribution in [0.15, 0.2) is 30.3 Å². The SMILES string of the molecule is C[N+]1(CC(O)O)CCC(OC(=O)C(O)(c2ccccc2)C2CCCCC2)C1. The number of rotatable bonds is 6. The second-order valence-corrected chi connectivity index (χ2v) is 8.47. The second kappa shape index (κ2) is 8.27. The van der Waals surface area contributed by atoms with E-state index in [-0.39, 0.29) is 18.6 Å². The largest absolute Gasteiger partial charge is 0.454 e. The first-order chi connectivity index (χ1) is 12.8. The van der Waals surface area contributed by atoms with Crippen LogP contribution < -0.4 is 0 Å². The van der Waals surface area contributed by atoms with Crippen LogP contribution >= 0.6 is 0 Å². The third kappa shape index (κ3) is 4.51. The van der Waals surface area contributed by atoms with E-state index in [0.29, 0.717) is 29.6 Å². The number of carbonyl (C=O) groups is 1. The third-order valence-electron chi connectivity index (χ3n) is 6.23.